The molecule has 0 amide bonds. The number of thiazole rings is 1. The number of aryl methyl sites for hydroxylation is 1. The molecule has 0 spiro atoms. The molecule has 1 saturated heterocycles. The fourth-order valence-electron chi connectivity index (χ4n) is 2.79. The second-order valence-corrected chi connectivity index (χ2v) is 7.38. The van der Waals surface area contributed by atoms with Crippen molar-refractivity contribution in [3.8, 4) is 0 Å². The fourth-order valence-corrected chi connectivity index (χ4v) is 4.07. The number of hydrogen-bond donors (Lipinski definition) is 1. The van der Waals surface area contributed by atoms with Gasteiger partial charge in [0, 0.05) is 37.6 Å². The van der Waals surface area contributed by atoms with Gasteiger partial charge in [-0.2, -0.15) is 11.3 Å². The first-order valence-corrected chi connectivity index (χ1v) is 9.04. The van der Waals surface area contributed by atoms with Gasteiger partial charge in [0.15, 0.2) is 0 Å². The Bertz CT molecular complexity index is 555. The van der Waals surface area contributed by atoms with Gasteiger partial charge in [-0.3, -0.25) is 4.90 Å². The van der Waals surface area contributed by atoms with Gasteiger partial charge in [-0.1, -0.05) is 0 Å². The lowest BCUT2D eigenvalue weighted by molar-refractivity contribution is 0.228. The van der Waals surface area contributed by atoms with E-state index in [9.17, 15) is 4.39 Å². The zero-order valence-corrected chi connectivity index (χ0v) is 13.7. The highest BCUT2D eigenvalue weighted by atomic mass is 32.1. The predicted molar refractivity (Wildman–Crippen MR) is 86.6 cm³/mol. The van der Waals surface area contributed by atoms with Crippen molar-refractivity contribution in [1.82, 2.24) is 15.2 Å². The van der Waals surface area contributed by atoms with Gasteiger partial charge >= 0.3 is 0 Å². The molecule has 2 atom stereocenters. The number of alkyl halides is 1. The Morgan fingerprint density at radius 2 is 2.38 bits per heavy atom. The van der Waals surface area contributed by atoms with Crippen LogP contribution in [0.5, 0.6) is 0 Å². The van der Waals surface area contributed by atoms with Crippen molar-refractivity contribution in [3.05, 3.63) is 38.5 Å². The van der Waals surface area contributed by atoms with Crippen LogP contribution in [0.4, 0.5) is 4.39 Å². The van der Waals surface area contributed by atoms with Crippen LogP contribution < -0.4 is 5.32 Å². The maximum Gasteiger partial charge on any atom is 0.114 e. The van der Waals surface area contributed by atoms with Crippen molar-refractivity contribution in [2.45, 2.75) is 38.6 Å². The molecule has 114 valence electrons. The molecule has 0 saturated carbocycles. The van der Waals surface area contributed by atoms with E-state index in [0.717, 1.165) is 30.3 Å². The molecule has 21 heavy (non-hydrogen) atoms. The van der Waals surface area contributed by atoms with E-state index < -0.39 is 6.17 Å². The lowest BCUT2D eigenvalue weighted by Crippen LogP contribution is -2.37. The van der Waals surface area contributed by atoms with Crippen molar-refractivity contribution in [3.63, 3.8) is 0 Å². The Morgan fingerprint density at radius 1 is 1.48 bits per heavy atom. The molecule has 1 aliphatic rings. The third-order valence-corrected chi connectivity index (χ3v) is 5.35. The highest BCUT2D eigenvalue weighted by Crippen LogP contribution is 2.23. The van der Waals surface area contributed by atoms with Gasteiger partial charge in [0.1, 0.15) is 6.17 Å². The molecule has 3 nitrogen and oxygen atoms in total. The number of rotatable bonds is 6. The van der Waals surface area contributed by atoms with E-state index in [1.165, 1.54) is 5.56 Å². The van der Waals surface area contributed by atoms with Gasteiger partial charge in [0.05, 0.1) is 10.7 Å². The number of thiophene rings is 1. The molecule has 2 aromatic rings. The van der Waals surface area contributed by atoms with Crippen molar-refractivity contribution < 1.29 is 4.39 Å². The summed E-state index contributed by atoms with van der Waals surface area (Å²) >= 11 is 3.37. The van der Waals surface area contributed by atoms with Crippen molar-refractivity contribution >= 4 is 22.7 Å². The van der Waals surface area contributed by atoms with Crippen LogP contribution in [0.15, 0.2) is 22.2 Å². The molecule has 1 fully saturated rings. The minimum atomic E-state index is -0.710. The molecule has 0 aromatic carbocycles. The zero-order chi connectivity index (χ0) is 14.7. The maximum absolute atomic E-state index is 13.7. The Morgan fingerprint density at radius 3 is 3.10 bits per heavy atom. The molecule has 0 unspecified atom stereocenters. The molecular weight excluding hydrogens is 305 g/mol. The predicted octanol–water partition coefficient (Wildman–Crippen LogP) is 3.22. The average molecular weight is 325 g/mol. The van der Waals surface area contributed by atoms with Crippen LogP contribution in [-0.4, -0.2) is 35.2 Å². The van der Waals surface area contributed by atoms with Crippen LogP contribution >= 0.6 is 22.7 Å². The first-order chi connectivity index (χ1) is 10.2. The van der Waals surface area contributed by atoms with Crippen LogP contribution in [0.1, 0.15) is 22.7 Å². The summed E-state index contributed by atoms with van der Waals surface area (Å²) in [6, 6.07) is 2.39. The first kappa shape index (κ1) is 15.1. The van der Waals surface area contributed by atoms with E-state index in [2.05, 4.69) is 37.4 Å². The summed E-state index contributed by atoms with van der Waals surface area (Å²) in [6.45, 7) is 4.99. The molecule has 0 bridgehead atoms. The molecule has 6 heteroatoms. The second-order valence-electron chi connectivity index (χ2n) is 5.54. The van der Waals surface area contributed by atoms with Crippen LogP contribution in [0.3, 0.4) is 0 Å². The molecule has 0 aliphatic carbocycles. The van der Waals surface area contributed by atoms with Gasteiger partial charge in [-0.05, 0) is 35.7 Å². The van der Waals surface area contributed by atoms with Gasteiger partial charge in [-0.15, -0.1) is 11.3 Å². The summed E-state index contributed by atoms with van der Waals surface area (Å²) in [7, 11) is 0. The van der Waals surface area contributed by atoms with E-state index in [4.69, 9.17) is 0 Å². The van der Waals surface area contributed by atoms with Crippen LogP contribution in [0, 0.1) is 6.92 Å². The summed E-state index contributed by atoms with van der Waals surface area (Å²) in [5.74, 6) is 0. The monoisotopic (exact) mass is 325 g/mol. The number of aromatic nitrogens is 1. The Balaban J connectivity index is 1.52. The SMILES string of the molecule is Cc1nc(CN2C[C@@H](F)C[C@H]2CNCc2ccsc2)cs1. The van der Waals surface area contributed by atoms with E-state index in [1.807, 2.05) is 6.92 Å². The standard InChI is InChI=1S/C15H20FN3S2/c1-11-18-14(10-21-11)8-19-7-13(16)4-15(19)6-17-5-12-2-3-20-9-12/h2-3,9-10,13,15,17H,4-8H2,1H3/t13-,15-/m0/s1. The fraction of sp³-hybridized carbons (Fsp3) is 0.533. The maximum atomic E-state index is 13.7. The largest absolute Gasteiger partial charge is 0.311 e. The lowest BCUT2D eigenvalue weighted by Gasteiger charge is -2.23. The summed E-state index contributed by atoms with van der Waals surface area (Å²) < 4.78 is 13.7. The van der Waals surface area contributed by atoms with Crippen molar-refractivity contribution in [1.29, 1.82) is 0 Å². The summed E-state index contributed by atoms with van der Waals surface area (Å²) in [5, 5.41) is 10.8. The molecular formula is C15H20FN3S2. The molecule has 0 radical (unpaired) electrons. The van der Waals surface area contributed by atoms with Gasteiger partial charge < -0.3 is 5.32 Å². The summed E-state index contributed by atoms with van der Waals surface area (Å²) in [5.41, 5.74) is 2.37. The number of hydrogen-bond acceptors (Lipinski definition) is 5. The third-order valence-electron chi connectivity index (χ3n) is 3.80. The van der Waals surface area contributed by atoms with Crippen molar-refractivity contribution in [2.75, 3.05) is 13.1 Å². The summed E-state index contributed by atoms with van der Waals surface area (Å²) in [6.07, 6.45) is -0.0857. The number of likely N-dealkylation sites (tertiary alicyclic amines) is 1. The van der Waals surface area contributed by atoms with E-state index in [1.54, 1.807) is 22.7 Å². The zero-order valence-electron chi connectivity index (χ0n) is 12.1. The Labute approximate surface area is 132 Å². The van der Waals surface area contributed by atoms with Crippen LogP contribution in [-0.2, 0) is 13.1 Å². The minimum Gasteiger partial charge on any atom is -0.311 e. The normalized spacial score (nSPS) is 23.0. The first-order valence-electron chi connectivity index (χ1n) is 7.21. The smallest absolute Gasteiger partial charge is 0.114 e. The molecule has 3 heterocycles. The average Bonchev–Trinajstić information content (AvgIpc) is 3.14. The molecule has 1 N–H and O–H groups in total. The van der Waals surface area contributed by atoms with Crippen LogP contribution in [0.25, 0.3) is 0 Å². The molecule has 1 aliphatic heterocycles. The highest BCUT2D eigenvalue weighted by Gasteiger charge is 2.31. The van der Waals surface area contributed by atoms with E-state index in [0.29, 0.717) is 13.0 Å². The lowest BCUT2D eigenvalue weighted by atomic mass is 10.2. The second kappa shape index (κ2) is 6.96. The van der Waals surface area contributed by atoms with E-state index >= 15 is 0 Å². The molecule has 3 rings (SSSR count). The third kappa shape index (κ3) is 4.10. The minimum absolute atomic E-state index is 0.264. The highest BCUT2D eigenvalue weighted by molar-refractivity contribution is 7.09. The number of nitrogens with zero attached hydrogens (tertiary/aromatic N) is 2. The Hall–Kier alpha value is -0.820. The van der Waals surface area contributed by atoms with Crippen LogP contribution in [0.2, 0.25) is 0 Å². The van der Waals surface area contributed by atoms with Gasteiger partial charge in [-0.25, -0.2) is 9.37 Å². The molecule has 2 aromatic heterocycles. The van der Waals surface area contributed by atoms with E-state index in [-0.39, 0.29) is 6.04 Å². The van der Waals surface area contributed by atoms with Gasteiger partial charge in [0.25, 0.3) is 0 Å². The number of halogens is 1. The summed E-state index contributed by atoms with van der Waals surface area (Å²) in [4.78, 5) is 6.71. The quantitative estimate of drug-likeness (QED) is 0.884. The van der Waals surface area contributed by atoms with Gasteiger partial charge in [0.2, 0.25) is 0 Å². The van der Waals surface area contributed by atoms with Crippen molar-refractivity contribution in [2.24, 2.45) is 0 Å². The number of nitrogens with one attached hydrogen (secondary N) is 1. The Kier molecular flexibility index (Phi) is 5.00. The topological polar surface area (TPSA) is 28.2 Å².